The van der Waals surface area contributed by atoms with Gasteiger partial charge in [-0.25, -0.2) is 0 Å². The first kappa shape index (κ1) is 15.0. The average molecular weight is 277 g/mol. The van der Waals surface area contributed by atoms with E-state index in [4.69, 9.17) is 9.47 Å². The molecule has 1 aliphatic heterocycles. The van der Waals surface area contributed by atoms with Crippen molar-refractivity contribution in [2.75, 3.05) is 13.7 Å². The molecule has 0 radical (unpaired) electrons. The standard InChI is InChI=1S/C16H23NO3/c1-12-15(8-5-9-20-12)16(18)17-10-13-6-3-4-7-14(13)11-19-2/h3-4,6-7,12,15H,5,8-11H2,1-2H3,(H,17,18)/t12-,15-/m1/s1. The van der Waals surface area contributed by atoms with E-state index in [2.05, 4.69) is 5.32 Å². The van der Waals surface area contributed by atoms with Crippen LogP contribution in [0.2, 0.25) is 0 Å². The number of nitrogens with one attached hydrogen (secondary N) is 1. The number of benzene rings is 1. The van der Waals surface area contributed by atoms with Crippen LogP contribution in [0.25, 0.3) is 0 Å². The summed E-state index contributed by atoms with van der Waals surface area (Å²) in [5, 5.41) is 3.02. The number of carbonyl (C=O) groups excluding carboxylic acids is 1. The maximum Gasteiger partial charge on any atom is 0.225 e. The molecule has 1 fully saturated rings. The first-order valence-corrected chi connectivity index (χ1v) is 7.17. The third-order valence-corrected chi connectivity index (χ3v) is 3.81. The lowest BCUT2D eigenvalue weighted by molar-refractivity contribution is -0.133. The van der Waals surface area contributed by atoms with E-state index >= 15 is 0 Å². The molecule has 0 bridgehead atoms. The van der Waals surface area contributed by atoms with E-state index in [0.717, 1.165) is 30.6 Å². The first-order valence-electron chi connectivity index (χ1n) is 7.17. The molecule has 4 heteroatoms. The lowest BCUT2D eigenvalue weighted by Gasteiger charge is -2.28. The van der Waals surface area contributed by atoms with Gasteiger partial charge in [0, 0.05) is 20.3 Å². The number of hydrogen-bond acceptors (Lipinski definition) is 3. The van der Waals surface area contributed by atoms with Gasteiger partial charge in [-0.2, -0.15) is 0 Å². The Bertz CT molecular complexity index is 447. The number of ether oxygens (including phenoxy) is 2. The third kappa shape index (κ3) is 3.81. The van der Waals surface area contributed by atoms with Gasteiger partial charge in [-0.15, -0.1) is 0 Å². The third-order valence-electron chi connectivity index (χ3n) is 3.81. The zero-order valence-corrected chi connectivity index (χ0v) is 12.2. The Morgan fingerprint density at radius 1 is 1.40 bits per heavy atom. The Balaban J connectivity index is 1.92. The molecule has 1 amide bonds. The van der Waals surface area contributed by atoms with E-state index in [1.54, 1.807) is 7.11 Å². The van der Waals surface area contributed by atoms with Crippen molar-refractivity contribution in [3.05, 3.63) is 35.4 Å². The molecule has 2 atom stereocenters. The van der Waals surface area contributed by atoms with Crippen molar-refractivity contribution in [2.45, 2.75) is 39.0 Å². The van der Waals surface area contributed by atoms with Crippen LogP contribution in [0.4, 0.5) is 0 Å². The fraction of sp³-hybridized carbons (Fsp3) is 0.562. The summed E-state index contributed by atoms with van der Waals surface area (Å²) in [4.78, 5) is 12.2. The van der Waals surface area contributed by atoms with Gasteiger partial charge < -0.3 is 14.8 Å². The Hall–Kier alpha value is -1.39. The predicted octanol–water partition coefficient (Wildman–Crippen LogP) is 2.26. The van der Waals surface area contributed by atoms with E-state index in [1.165, 1.54) is 0 Å². The number of methoxy groups -OCH3 is 1. The van der Waals surface area contributed by atoms with Gasteiger partial charge in [-0.05, 0) is 30.9 Å². The molecule has 1 aromatic rings. The van der Waals surface area contributed by atoms with E-state index in [-0.39, 0.29) is 17.9 Å². The number of hydrogen-bond donors (Lipinski definition) is 1. The van der Waals surface area contributed by atoms with Crippen LogP contribution >= 0.6 is 0 Å². The molecule has 0 aromatic heterocycles. The van der Waals surface area contributed by atoms with Crippen molar-refractivity contribution in [3.8, 4) is 0 Å². The topological polar surface area (TPSA) is 47.6 Å². The van der Waals surface area contributed by atoms with Gasteiger partial charge in [-0.3, -0.25) is 4.79 Å². The molecule has 0 unspecified atom stereocenters. The SMILES string of the molecule is COCc1ccccc1CNC(=O)[C@@H]1CCCO[C@@H]1C. The van der Waals surface area contributed by atoms with Crippen LogP contribution in [0.1, 0.15) is 30.9 Å². The van der Waals surface area contributed by atoms with Gasteiger partial charge in [0.15, 0.2) is 0 Å². The van der Waals surface area contributed by atoms with Crippen LogP contribution in [-0.2, 0) is 27.4 Å². The molecule has 110 valence electrons. The first-order chi connectivity index (χ1) is 9.72. The van der Waals surface area contributed by atoms with Gasteiger partial charge in [0.2, 0.25) is 5.91 Å². The predicted molar refractivity (Wildman–Crippen MR) is 77.1 cm³/mol. The maximum atomic E-state index is 12.2. The lowest BCUT2D eigenvalue weighted by Crippen LogP contribution is -2.40. The maximum absolute atomic E-state index is 12.2. The van der Waals surface area contributed by atoms with Gasteiger partial charge in [-0.1, -0.05) is 24.3 Å². The van der Waals surface area contributed by atoms with Crippen LogP contribution in [-0.4, -0.2) is 25.7 Å². The molecule has 1 aromatic carbocycles. The second-order valence-corrected chi connectivity index (χ2v) is 5.24. The Labute approximate surface area is 120 Å². The fourth-order valence-corrected chi connectivity index (χ4v) is 2.61. The Morgan fingerprint density at radius 2 is 2.15 bits per heavy atom. The fourth-order valence-electron chi connectivity index (χ4n) is 2.61. The molecule has 2 rings (SSSR count). The molecular formula is C16H23NO3. The van der Waals surface area contributed by atoms with Crippen LogP contribution < -0.4 is 5.32 Å². The monoisotopic (exact) mass is 277 g/mol. The smallest absolute Gasteiger partial charge is 0.225 e. The molecule has 1 N–H and O–H groups in total. The van der Waals surface area contributed by atoms with Gasteiger partial charge in [0.1, 0.15) is 0 Å². The molecule has 0 spiro atoms. The molecule has 1 aliphatic rings. The summed E-state index contributed by atoms with van der Waals surface area (Å²) in [6.07, 6.45) is 1.88. The summed E-state index contributed by atoms with van der Waals surface area (Å²) in [5.41, 5.74) is 2.22. The zero-order chi connectivity index (χ0) is 14.4. The highest BCUT2D eigenvalue weighted by atomic mass is 16.5. The van der Waals surface area contributed by atoms with Crippen molar-refractivity contribution in [1.29, 1.82) is 0 Å². The van der Waals surface area contributed by atoms with E-state index in [1.807, 2.05) is 31.2 Å². The van der Waals surface area contributed by atoms with Crippen LogP contribution in [0.15, 0.2) is 24.3 Å². The normalized spacial score (nSPS) is 22.5. The summed E-state index contributed by atoms with van der Waals surface area (Å²) < 4.78 is 10.7. The van der Waals surface area contributed by atoms with Crippen molar-refractivity contribution in [2.24, 2.45) is 5.92 Å². The molecule has 1 heterocycles. The van der Waals surface area contributed by atoms with Gasteiger partial charge >= 0.3 is 0 Å². The van der Waals surface area contributed by atoms with Crippen LogP contribution in [0.5, 0.6) is 0 Å². The minimum absolute atomic E-state index is 0.0120. The van der Waals surface area contributed by atoms with Crippen molar-refractivity contribution in [1.82, 2.24) is 5.32 Å². The molecule has 0 aliphatic carbocycles. The highest BCUT2D eigenvalue weighted by molar-refractivity contribution is 5.79. The molecule has 4 nitrogen and oxygen atoms in total. The minimum Gasteiger partial charge on any atom is -0.380 e. The second kappa shape index (κ2) is 7.41. The zero-order valence-electron chi connectivity index (χ0n) is 12.2. The van der Waals surface area contributed by atoms with E-state index in [0.29, 0.717) is 13.2 Å². The highest BCUT2D eigenvalue weighted by Crippen LogP contribution is 2.20. The lowest BCUT2D eigenvalue weighted by atomic mass is 9.94. The number of amides is 1. The van der Waals surface area contributed by atoms with Crippen molar-refractivity contribution < 1.29 is 14.3 Å². The van der Waals surface area contributed by atoms with Crippen LogP contribution in [0.3, 0.4) is 0 Å². The van der Waals surface area contributed by atoms with Gasteiger partial charge in [0.25, 0.3) is 0 Å². The molecule has 0 saturated carbocycles. The molecule has 1 saturated heterocycles. The van der Waals surface area contributed by atoms with E-state index < -0.39 is 0 Å². The summed E-state index contributed by atoms with van der Waals surface area (Å²) in [7, 11) is 1.68. The second-order valence-electron chi connectivity index (χ2n) is 5.24. The number of rotatable bonds is 5. The largest absolute Gasteiger partial charge is 0.380 e. The average Bonchev–Trinajstić information content (AvgIpc) is 2.47. The van der Waals surface area contributed by atoms with E-state index in [9.17, 15) is 4.79 Å². The summed E-state index contributed by atoms with van der Waals surface area (Å²) >= 11 is 0. The summed E-state index contributed by atoms with van der Waals surface area (Å²) in [5.74, 6) is 0.0581. The summed E-state index contributed by atoms with van der Waals surface area (Å²) in [6.45, 7) is 3.85. The summed E-state index contributed by atoms with van der Waals surface area (Å²) in [6, 6.07) is 8.01. The van der Waals surface area contributed by atoms with Gasteiger partial charge in [0.05, 0.1) is 18.6 Å². The Kier molecular flexibility index (Phi) is 5.56. The van der Waals surface area contributed by atoms with Crippen molar-refractivity contribution >= 4 is 5.91 Å². The Morgan fingerprint density at radius 3 is 2.85 bits per heavy atom. The van der Waals surface area contributed by atoms with Crippen LogP contribution in [0, 0.1) is 5.92 Å². The van der Waals surface area contributed by atoms with Crippen molar-refractivity contribution in [3.63, 3.8) is 0 Å². The molecule has 20 heavy (non-hydrogen) atoms. The quantitative estimate of drug-likeness (QED) is 0.898. The molecular weight excluding hydrogens is 254 g/mol. The minimum atomic E-state index is -0.0293. The highest BCUT2D eigenvalue weighted by Gasteiger charge is 2.28. The number of carbonyl (C=O) groups is 1.